The van der Waals surface area contributed by atoms with Crippen molar-refractivity contribution in [3.63, 3.8) is 0 Å². The van der Waals surface area contributed by atoms with Gasteiger partial charge in [-0.05, 0) is 32.2 Å². The summed E-state index contributed by atoms with van der Waals surface area (Å²) in [4.78, 5) is 29.9. The molecule has 2 N–H and O–H groups in total. The Morgan fingerprint density at radius 3 is 2.31 bits per heavy atom. The number of carboxylic acid groups (broad SMARTS) is 1. The van der Waals surface area contributed by atoms with Crippen molar-refractivity contribution in [1.82, 2.24) is 20.0 Å². The number of urea groups is 1. The third kappa shape index (κ3) is 4.88. The molecule has 26 heavy (non-hydrogen) atoms. The fourth-order valence-corrected chi connectivity index (χ4v) is 4.68. The van der Waals surface area contributed by atoms with Crippen molar-refractivity contribution < 1.29 is 14.7 Å². The molecule has 1 saturated heterocycles. The number of nitrogens with one attached hydrogen (secondary N) is 1. The van der Waals surface area contributed by atoms with Gasteiger partial charge in [0.2, 0.25) is 0 Å². The number of carbonyl (C=O) groups is 2. The summed E-state index contributed by atoms with van der Waals surface area (Å²) in [6, 6.07) is 1.25. The fraction of sp³-hybridized carbons (Fsp3) is 0.895. The second-order valence-corrected chi connectivity index (χ2v) is 8.04. The van der Waals surface area contributed by atoms with Gasteiger partial charge >= 0.3 is 12.0 Å². The SMILES string of the molecule is CCN(CC(=O)O)C1CC(NC(=O)N2CCN(C3CCCCC3)CC2)C1. The molecule has 1 aliphatic heterocycles. The van der Waals surface area contributed by atoms with Crippen LogP contribution < -0.4 is 5.32 Å². The number of hydrogen-bond donors (Lipinski definition) is 2. The highest BCUT2D eigenvalue weighted by atomic mass is 16.4. The molecule has 0 spiro atoms. The number of likely N-dealkylation sites (N-methyl/N-ethyl adjacent to an activating group) is 1. The first kappa shape index (κ1) is 19.4. The molecule has 0 aromatic rings. The number of carboxylic acids is 1. The molecule has 7 heteroatoms. The summed E-state index contributed by atoms with van der Waals surface area (Å²) in [5, 5.41) is 12.1. The molecule has 0 aromatic carbocycles. The molecule has 3 fully saturated rings. The van der Waals surface area contributed by atoms with Crippen molar-refractivity contribution >= 4 is 12.0 Å². The summed E-state index contributed by atoms with van der Waals surface area (Å²) in [5.41, 5.74) is 0. The van der Waals surface area contributed by atoms with Gasteiger partial charge in [-0.3, -0.25) is 14.6 Å². The van der Waals surface area contributed by atoms with Gasteiger partial charge in [0.1, 0.15) is 0 Å². The van der Waals surface area contributed by atoms with Crippen molar-refractivity contribution in [3.05, 3.63) is 0 Å². The van der Waals surface area contributed by atoms with Gasteiger partial charge in [0.05, 0.1) is 6.54 Å². The third-order valence-corrected chi connectivity index (χ3v) is 6.39. The van der Waals surface area contributed by atoms with Crippen LogP contribution in [0.1, 0.15) is 51.9 Å². The van der Waals surface area contributed by atoms with Crippen LogP contribution in [0.25, 0.3) is 0 Å². The smallest absolute Gasteiger partial charge is 0.317 e. The van der Waals surface area contributed by atoms with Crippen LogP contribution in [-0.4, -0.2) is 89.2 Å². The minimum Gasteiger partial charge on any atom is -0.480 e. The Morgan fingerprint density at radius 1 is 1.08 bits per heavy atom. The van der Waals surface area contributed by atoms with Crippen LogP contribution >= 0.6 is 0 Å². The highest BCUT2D eigenvalue weighted by Crippen LogP contribution is 2.26. The zero-order chi connectivity index (χ0) is 18.5. The first-order valence-electron chi connectivity index (χ1n) is 10.3. The number of piperazine rings is 1. The van der Waals surface area contributed by atoms with Crippen LogP contribution in [0.5, 0.6) is 0 Å². The minimum atomic E-state index is -0.782. The molecule has 0 unspecified atom stereocenters. The molecule has 0 bridgehead atoms. The summed E-state index contributed by atoms with van der Waals surface area (Å²) in [7, 11) is 0. The van der Waals surface area contributed by atoms with E-state index in [4.69, 9.17) is 5.11 Å². The summed E-state index contributed by atoms with van der Waals surface area (Å²) in [5.74, 6) is -0.782. The van der Waals surface area contributed by atoms with Crippen molar-refractivity contribution in [1.29, 1.82) is 0 Å². The second-order valence-electron chi connectivity index (χ2n) is 8.04. The Kier molecular flexibility index (Phi) is 6.75. The standard InChI is InChI=1S/C19H34N4O3/c1-2-21(14-18(24)25)17-12-15(13-17)20-19(26)23-10-8-22(9-11-23)16-6-4-3-5-7-16/h15-17H,2-14H2,1H3,(H,20,26)(H,24,25). The van der Waals surface area contributed by atoms with Crippen LogP contribution in [0.15, 0.2) is 0 Å². The maximum Gasteiger partial charge on any atom is 0.317 e. The second kappa shape index (κ2) is 9.04. The van der Waals surface area contributed by atoms with E-state index in [1.54, 1.807) is 0 Å². The Labute approximate surface area is 156 Å². The molecular weight excluding hydrogens is 332 g/mol. The van der Waals surface area contributed by atoms with Crippen molar-refractivity contribution in [3.8, 4) is 0 Å². The highest BCUT2D eigenvalue weighted by molar-refractivity contribution is 5.74. The minimum absolute atomic E-state index is 0.0537. The van der Waals surface area contributed by atoms with E-state index in [0.29, 0.717) is 0 Å². The van der Waals surface area contributed by atoms with Gasteiger partial charge in [0.25, 0.3) is 0 Å². The summed E-state index contributed by atoms with van der Waals surface area (Å²) in [6.45, 7) is 6.44. The lowest BCUT2D eigenvalue weighted by atomic mass is 9.85. The van der Waals surface area contributed by atoms with E-state index in [-0.39, 0.29) is 24.7 Å². The van der Waals surface area contributed by atoms with Crippen LogP contribution in [-0.2, 0) is 4.79 Å². The molecule has 0 atom stereocenters. The Hall–Kier alpha value is -1.34. The Morgan fingerprint density at radius 2 is 1.73 bits per heavy atom. The van der Waals surface area contributed by atoms with Gasteiger partial charge in [-0.25, -0.2) is 4.79 Å². The van der Waals surface area contributed by atoms with E-state index in [1.165, 1.54) is 32.1 Å². The van der Waals surface area contributed by atoms with Crippen LogP contribution in [0.3, 0.4) is 0 Å². The van der Waals surface area contributed by atoms with Gasteiger partial charge in [-0.1, -0.05) is 26.2 Å². The highest BCUT2D eigenvalue weighted by Gasteiger charge is 2.36. The quantitative estimate of drug-likeness (QED) is 0.746. The van der Waals surface area contributed by atoms with Crippen LogP contribution in [0.2, 0.25) is 0 Å². The fourth-order valence-electron chi connectivity index (χ4n) is 4.68. The molecule has 0 aromatic heterocycles. The van der Waals surface area contributed by atoms with Crippen molar-refractivity contribution in [2.45, 2.75) is 70.0 Å². The van der Waals surface area contributed by atoms with E-state index >= 15 is 0 Å². The maximum absolute atomic E-state index is 12.5. The van der Waals surface area contributed by atoms with E-state index in [9.17, 15) is 9.59 Å². The average Bonchev–Trinajstić information content (AvgIpc) is 2.63. The first-order chi connectivity index (χ1) is 12.6. The van der Waals surface area contributed by atoms with E-state index in [0.717, 1.165) is 51.6 Å². The van der Waals surface area contributed by atoms with Crippen LogP contribution in [0, 0.1) is 0 Å². The number of nitrogens with zero attached hydrogens (tertiary/aromatic N) is 3. The lowest BCUT2D eigenvalue weighted by molar-refractivity contribution is -0.139. The number of hydrogen-bond acceptors (Lipinski definition) is 4. The summed E-state index contributed by atoms with van der Waals surface area (Å²) < 4.78 is 0. The lowest BCUT2D eigenvalue weighted by Crippen LogP contribution is -2.59. The number of rotatable bonds is 6. The molecular formula is C19H34N4O3. The van der Waals surface area contributed by atoms with Crippen molar-refractivity contribution in [2.75, 3.05) is 39.3 Å². The molecule has 2 aliphatic carbocycles. The molecule has 3 rings (SSSR count). The van der Waals surface area contributed by atoms with E-state index in [1.807, 2.05) is 16.7 Å². The zero-order valence-corrected chi connectivity index (χ0v) is 16.0. The molecule has 3 aliphatic rings. The Balaban J connectivity index is 1.35. The van der Waals surface area contributed by atoms with Gasteiger partial charge in [0.15, 0.2) is 0 Å². The van der Waals surface area contributed by atoms with Crippen LogP contribution in [0.4, 0.5) is 4.79 Å². The topological polar surface area (TPSA) is 76.1 Å². The predicted molar refractivity (Wildman–Crippen MR) is 100 cm³/mol. The molecule has 7 nitrogen and oxygen atoms in total. The van der Waals surface area contributed by atoms with Crippen molar-refractivity contribution in [2.24, 2.45) is 0 Å². The maximum atomic E-state index is 12.5. The normalized spacial score (nSPS) is 28.0. The van der Waals surface area contributed by atoms with Gasteiger partial charge < -0.3 is 15.3 Å². The lowest BCUT2D eigenvalue weighted by Gasteiger charge is -2.44. The number of aliphatic carboxylic acids is 1. The van der Waals surface area contributed by atoms with E-state index < -0.39 is 5.97 Å². The monoisotopic (exact) mass is 366 g/mol. The Bertz CT molecular complexity index is 481. The molecule has 2 saturated carbocycles. The van der Waals surface area contributed by atoms with Gasteiger partial charge in [-0.15, -0.1) is 0 Å². The molecule has 0 radical (unpaired) electrons. The molecule has 148 valence electrons. The average molecular weight is 367 g/mol. The number of carbonyl (C=O) groups excluding carboxylic acids is 1. The molecule has 1 heterocycles. The molecule has 2 amide bonds. The zero-order valence-electron chi connectivity index (χ0n) is 16.0. The summed E-state index contributed by atoms with van der Waals surface area (Å²) in [6.07, 6.45) is 8.43. The van der Waals surface area contributed by atoms with Gasteiger partial charge in [0, 0.05) is 44.3 Å². The predicted octanol–water partition coefficient (Wildman–Crippen LogP) is 1.58. The number of amides is 2. The summed E-state index contributed by atoms with van der Waals surface area (Å²) >= 11 is 0. The third-order valence-electron chi connectivity index (χ3n) is 6.39. The largest absolute Gasteiger partial charge is 0.480 e. The van der Waals surface area contributed by atoms with E-state index in [2.05, 4.69) is 10.2 Å². The van der Waals surface area contributed by atoms with Gasteiger partial charge in [-0.2, -0.15) is 0 Å². The first-order valence-corrected chi connectivity index (χ1v) is 10.3.